The molecule has 0 atom stereocenters. The van der Waals surface area contributed by atoms with Crippen molar-refractivity contribution in [3.63, 3.8) is 0 Å². The summed E-state index contributed by atoms with van der Waals surface area (Å²) in [4.78, 5) is 0. The second kappa shape index (κ2) is 5.65. The zero-order valence-corrected chi connectivity index (χ0v) is 13.6. The minimum absolute atomic E-state index is 0.0265. The fourth-order valence-electron chi connectivity index (χ4n) is 2.74. The number of sulfonamides is 1. The molecule has 0 amide bonds. The van der Waals surface area contributed by atoms with Crippen LogP contribution in [0.5, 0.6) is 5.75 Å². The van der Waals surface area contributed by atoms with Crippen LogP contribution in [-0.4, -0.2) is 22.1 Å². The predicted octanol–water partition coefficient (Wildman–Crippen LogP) is 2.90. The maximum absolute atomic E-state index is 12.7. The maximum Gasteiger partial charge on any atom is 0.239 e. The summed E-state index contributed by atoms with van der Waals surface area (Å²) in [6.45, 7) is 2.49. The van der Waals surface area contributed by atoms with Gasteiger partial charge in [-0.1, -0.05) is 29.8 Å². The number of rotatable bonds is 4. The van der Waals surface area contributed by atoms with Crippen molar-refractivity contribution in [3.8, 4) is 5.75 Å². The summed E-state index contributed by atoms with van der Waals surface area (Å²) in [5.74, 6) is 0.787. The van der Waals surface area contributed by atoms with Gasteiger partial charge in [-0.3, -0.25) is 4.31 Å². The van der Waals surface area contributed by atoms with Crippen molar-refractivity contribution in [1.29, 1.82) is 0 Å². The first-order chi connectivity index (χ1) is 10.5. The van der Waals surface area contributed by atoms with Crippen molar-refractivity contribution in [2.24, 2.45) is 0 Å². The van der Waals surface area contributed by atoms with Gasteiger partial charge in [0.1, 0.15) is 5.75 Å². The summed E-state index contributed by atoms with van der Waals surface area (Å²) < 4.78 is 32.1. The van der Waals surface area contributed by atoms with Gasteiger partial charge in [0, 0.05) is 6.54 Å². The highest BCUT2D eigenvalue weighted by Gasteiger charge is 2.29. The first kappa shape index (κ1) is 14.9. The third kappa shape index (κ3) is 2.81. The molecule has 0 bridgehead atoms. The Labute approximate surface area is 131 Å². The molecule has 2 aromatic rings. The molecule has 1 heterocycles. The molecule has 1 aliphatic rings. The van der Waals surface area contributed by atoms with Crippen molar-refractivity contribution >= 4 is 15.7 Å². The van der Waals surface area contributed by atoms with Gasteiger partial charge in [0.2, 0.25) is 10.0 Å². The molecular formula is C17H19NO3S. The lowest BCUT2D eigenvalue weighted by atomic mass is 10.1. The van der Waals surface area contributed by atoms with Crippen LogP contribution in [0, 0.1) is 6.92 Å². The molecule has 0 saturated carbocycles. The molecule has 0 N–H and O–H groups in total. The Morgan fingerprint density at radius 1 is 1.14 bits per heavy atom. The topological polar surface area (TPSA) is 46.6 Å². The summed E-state index contributed by atoms with van der Waals surface area (Å²) in [5, 5.41) is 0. The van der Waals surface area contributed by atoms with Crippen LogP contribution in [0.4, 0.5) is 5.69 Å². The Balaban J connectivity index is 1.87. The van der Waals surface area contributed by atoms with E-state index < -0.39 is 10.0 Å². The molecule has 0 aliphatic carbocycles. The largest absolute Gasteiger partial charge is 0.497 e. The smallest absolute Gasteiger partial charge is 0.239 e. The standard InChI is InChI=1S/C17H19NO3S/c1-13-3-5-14(6-4-13)12-22(19,20)18-10-9-15-11-16(21-2)7-8-17(15)18/h3-8,11H,9-10,12H2,1-2H3. The summed E-state index contributed by atoms with van der Waals surface area (Å²) >= 11 is 0. The number of aryl methyl sites for hydroxylation is 1. The summed E-state index contributed by atoms with van der Waals surface area (Å²) in [6, 6.07) is 13.2. The molecule has 3 rings (SSSR count). The Kier molecular flexibility index (Phi) is 3.83. The van der Waals surface area contributed by atoms with Gasteiger partial charge >= 0.3 is 0 Å². The lowest BCUT2D eigenvalue weighted by Gasteiger charge is -2.19. The molecule has 0 fully saturated rings. The van der Waals surface area contributed by atoms with Crippen molar-refractivity contribution in [3.05, 3.63) is 59.2 Å². The highest BCUT2D eigenvalue weighted by atomic mass is 32.2. The van der Waals surface area contributed by atoms with E-state index in [-0.39, 0.29) is 5.75 Å². The molecule has 0 aromatic heterocycles. The van der Waals surface area contributed by atoms with E-state index in [1.165, 1.54) is 4.31 Å². The van der Waals surface area contributed by atoms with Crippen molar-refractivity contribution in [2.75, 3.05) is 18.0 Å². The molecule has 116 valence electrons. The highest BCUT2D eigenvalue weighted by molar-refractivity contribution is 7.92. The van der Waals surface area contributed by atoms with E-state index in [2.05, 4.69) is 0 Å². The van der Waals surface area contributed by atoms with Gasteiger partial charge in [0.15, 0.2) is 0 Å². The fraction of sp³-hybridized carbons (Fsp3) is 0.294. The SMILES string of the molecule is COc1ccc2c(c1)CCN2S(=O)(=O)Cc1ccc(C)cc1. The predicted molar refractivity (Wildman–Crippen MR) is 87.8 cm³/mol. The number of benzene rings is 2. The van der Waals surface area contributed by atoms with Crippen LogP contribution in [0.2, 0.25) is 0 Å². The van der Waals surface area contributed by atoms with Crippen LogP contribution in [-0.2, 0) is 22.2 Å². The van der Waals surface area contributed by atoms with Crippen LogP contribution >= 0.6 is 0 Å². The Morgan fingerprint density at radius 2 is 1.86 bits per heavy atom. The zero-order chi connectivity index (χ0) is 15.7. The van der Waals surface area contributed by atoms with Crippen LogP contribution in [0.3, 0.4) is 0 Å². The number of fused-ring (bicyclic) bond motifs is 1. The average Bonchev–Trinajstić information content (AvgIpc) is 2.93. The molecule has 0 radical (unpaired) electrons. The quantitative estimate of drug-likeness (QED) is 0.871. The van der Waals surface area contributed by atoms with Gasteiger partial charge < -0.3 is 4.74 Å². The Bertz CT molecular complexity index is 782. The van der Waals surface area contributed by atoms with Crippen molar-refractivity contribution in [2.45, 2.75) is 19.1 Å². The first-order valence-electron chi connectivity index (χ1n) is 7.22. The molecular weight excluding hydrogens is 298 g/mol. The molecule has 22 heavy (non-hydrogen) atoms. The number of hydrogen-bond donors (Lipinski definition) is 0. The molecule has 2 aromatic carbocycles. The summed E-state index contributed by atoms with van der Waals surface area (Å²) in [6.07, 6.45) is 0.722. The lowest BCUT2D eigenvalue weighted by Crippen LogP contribution is -2.30. The van der Waals surface area contributed by atoms with E-state index in [0.29, 0.717) is 6.54 Å². The third-order valence-corrected chi connectivity index (χ3v) is 5.69. The van der Waals surface area contributed by atoms with Crippen molar-refractivity contribution in [1.82, 2.24) is 0 Å². The fourth-order valence-corrected chi connectivity index (χ4v) is 4.35. The first-order valence-corrected chi connectivity index (χ1v) is 8.83. The van der Waals surface area contributed by atoms with Crippen molar-refractivity contribution < 1.29 is 13.2 Å². The molecule has 0 saturated heterocycles. The summed E-state index contributed by atoms with van der Waals surface area (Å²) in [7, 11) is -1.75. The number of methoxy groups -OCH3 is 1. The van der Waals surface area contributed by atoms with E-state index in [1.54, 1.807) is 13.2 Å². The van der Waals surface area contributed by atoms with Gasteiger partial charge in [-0.2, -0.15) is 0 Å². The second-order valence-electron chi connectivity index (χ2n) is 5.56. The van der Waals surface area contributed by atoms with Crippen LogP contribution in [0.1, 0.15) is 16.7 Å². The minimum atomic E-state index is -3.37. The second-order valence-corrected chi connectivity index (χ2v) is 7.45. The Morgan fingerprint density at radius 3 is 2.55 bits per heavy atom. The normalized spacial score (nSPS) is 14.0. The van der Waals surface area contributed by atoms with Gasteiger partial charge in [-0.05, 0) is 42.7 Å². The van der Waals surface area contributed by atoms with Gasteiger partial charge in [0.05, 0.1) is 18.6 Å². The average molecular weight is 317 g/mol. The third-order valence-electron chi connectivity index (χ3n) is 3.95. The number of nitrogens with zero attached hydrogens (tertiary/aromatic N) is 1. The lowest BCUT2D eigenvalue weighted by molar-refractivity contribution is 0.414. The van der Waals surface area contributed by atoms with Gasteiger partial charge in [0.25, 0.3) is 0 Å². The molecule has 0 unspecified atom stereocenters. The van der Waals surface area contributed by atoms with Crippen LogP contribution < -0.4 is 9.04 Å². The van der Waals surface area contributed by atoms with Crippen LogP contribution in [0.15, 0.2) is 42.5 Å². The zero-order valence-electron chi connectivity index (χ0n) is 12.7. The van der Waals surface area contributed by atoms with Crippen LogP contribution in [0.25, 0.3) is 0 Å². The molecule has 5 heteroatoms. The van der Waals surface area contributed by atoms with E-state index in [1.807, 2.05) is 43.3 Å². The van der Waals surface area contributed by atoms with Gasteiger partial charge in [-0.25, -0.2) is 8.42 Å². The van der Waals surface area contributed by atoms with E-state index >= 15 is 0 Å². The molecule has 0 spiro atoms. The maximum atomic E-state index is 12.7. The summed E-state index contributed by atoms with van der Waals surface area (Å²) in [5.41, 5.74) is 3.73. The number of ether oxygens (including phenoxy) is 1. The number of hydrogen-bond acceptors (Lipinski definition) is 3. The van der Waals surface area contributed by atoms with E-state index in [9.17, 15) is 8.42 Å². The van der Waals surface area contributed by atoms with E-state index in [4.69, 9.17) is 4.74 Å². The van der Waals surface area contributed by atoms with E-state index in [0.717, 1.165) is 34.5 Å². The minimum Gasteiger partial charge on any atom is -0.497 e. The monoisotopic (exact) mass is 317 g/mol. The highest BCUT2D eigenvalue weighted by Crippen LogP contribution is 2.34. The molecule has 1 aliphatic heterocycles. The molecule has 4 nitrogen and oxygen atoms in total. The number of anilines is 1. The Hall–Kier alpha value is -2.01. The van der Waals surface area contributed by atoms with Gasteiger partial charge in [-0.15, -0.1) is 0 Å².